The van der Waals surface area contributed by atoms with E-state index in [4.69, 9.17) is 15.1 Å². The third-order valence-corrected chi connectivity index (χ3v) is 2.82. The molecule has 0 aromatic carbocycles. The maximum Gasteiger partial charge on any atom is 0.305 e. The number of carbonyl (C=O) groups is 1. The van der Waals surface area contributed by atoms with E-state index in [1.807, 2.05) is 4.90 Å². The Hall–Kier alpha value is -2.13. The van der Waals surface area contributed by atoms with Crippen LogP contribution in [0.25, 0.3) is 0 Å². The number of aliphatic carboxylic acids is 1. The number of aromatic nitrogens is 1. The van der Waals surface area contributed by atoms with Crippen molar-refractivity contribution in [1.82, 2.24) is 4.98 Å². The molecular formula is C12H13N3O3. The second-order valence-corrected chi connectivity index (χ2v) is 4.01. The minimum absolute atomic E-state index is 0.0263. The lowest BCUT2D eigenvalue weighted by Crippen LogP contribution is -2.47. The summed E-state index contributed by atoms with van der Waals surface area (Å²) in [5.74, 6) is -0.348. The van der Waals surface area contributed by atoms with Crippen molar-refractivity contribution in [2.75, 3.05) is 24.7 Å². The van der Waals surface area contributed by atoms with Crippen molar-refractivity contribution in [2.24, 2.45) is 0 Å². The highest BCUT2D eigenvalue weighted by atomic mass is 16.5. The lowest BCUT2D eigenvalue weighted by atomic mass is 10.1. The van der Waals surface area contributed by atoms with Crippen LogP contribution in [0.1, 0.15) is 12.0 Å². The van der Waals surface area contributed by atoms with Gasteiger partial charge in [0.25, 0.3) is 0 Å². The van der Waals surface area contributed by atoms with Gasteiger partial charge in [-0.05, 0) is 12.1 Å². The first-order valence-electron chi connectivity index (χ1n) is 5.63. The molecule has 0 spiro atoms. The van der Waals surface area contributed by atoms with Gasteiger partial charge in [0.15, 0.2) is 0 Å². The van der Waals surface area contributed by atoms with E-state index in [0.29, 0.717) is 31.1 Å². The molecule has 6 heteroatoms. The number of nitrogens with zero attached hydrogens (tertiary/aromatic N) is 3. The van der Waals surface area contributed by atoms with E-state index in [-0.39, 0.29) is 12.5 Å². The first-order valence-corrected chi connectivity index (χ1v) is 5.63. The fraction of sp³-hybridized carbons (Fsp3) is 0.417. The predicted molar refractivity (Wildman–Crippen MR) is 63.2 cm³/mol. The molecule has 0 amide bonds. The molecular weight excluding hydrogens is 234 g/mol. The van der Waals surface area contributed by atoms with E-state index in [1.165, 1.54) is 0 Å². The molecule has 2 rings (SSSR count). The average molecular weight is 247 g/mol. The molecule has 0 radical (unpaired) electrons. The highest BCUT2D eigenvalue weighted by molar-refractivity contribution is 5.69. The number of morpholine rings is 1. The van der Waals surface area contributed by atoms with Gasteiger partial charge in [-0.25, -0.2) is 4.98 Å². The topological polar surface area (TPSA) is 86.5 Å². The Bertz CT molecular complexity index is 484. The van der Waals surface area contributed by atoms with Crippen LogP contribution in [0.5, 0.6) is 0 Å². The molecule has 18 heavy (non-hydrogen) atoms. The first-order chi connectivity index (χ1) is 8.72. The Kier molecular flexibility index (Phi) is 3.75. The molecule has 1 aliphatic heterocycles. The van der Waals surface area contributed by atoms with E-state index < -0.39 is 5.97 Å². The van der Waals surface area contributed by atoms with Crippen LogP contribution in [-0.4, -0.2) is 41.9 Å². The molecule has 0 bridgehead atoms. The van der Waals surface area contributed by atoms with Gasteiger partial charge in [0.05, 0.1) is 31.2 Å². The van der Waals surface area contributed by atoms with Crippen LogP contribution >= 0.6 is 0 Å². The Balaban J connectivity index is 2.28. The summed E-state index contributed by atoms with van der Waals surface area (Å²) in [5.41, 5.74) is 0.454. The smallest absolute Gasteiger partial charge is 0.305 e. The number of nitriles is 1. The van der Waals surface area contributed by atoms with Crippen molar-refractivity contribution in [3.8, 4) is 6.07 Å². The van der Waals surface area contributed by atoms with Crippen molar-refractivity contribution < 1.29 is 14.6 Å². The number of rotatable bonds is 3. The molecule has 1 saturated heterocycles. The van der Waals surface area contributed by atoms with Gasteiger partial charge in [0, 0.05) is 12.7 Å². The molecule has 1 aromatic heterocycles. The van der Waals surface area contributed by atoms with Crippen LogP contribution in [0, 0.1) is 11.3 Å². The highest BCUT2D eigenvalue weighted by Gasteiger charge is 2.27. The summed E-state index contributed by atoms with van der Waals surface area (Å²) in [7, 11) is 0. The maximum atomic E-state index is 10.8. The van der Waals surface area contributed by atoms with E-state index in [9.17, 15) is 4.79 Å². The van der Waals surface area contributed by atoms with Gasteiger partial charge >= 0.3 is 5.97 Å². The van der Waals surface area contributed by atoms with Crippen LogP contribution in [0.2, 0.25) is 0 Å². The van der Waals surface area contributed by atoms with Gasteiger partial charge in [0.1, 0.15) is 11.9 Å². The number of carboxylic acid groups (broad SMARTS) is 1. The fourth-order valence-electron chi connectivity index (χ4n) is 2.02. The van der Waals surface area contributed by atoms with E-state index >= 15 is 0 Å². The van der Waals surface area contributed by atoms with Gasteiger partial charge in [-0.3, -0.25) is 4.79 Å². The van der Waals surface area contributed by atoms with Gasteiger partial charge < -0.3 is 14.7 Å². The summed E-state index contributed by atoms with van der Waals surface area (Å²) in [6, 6.07) is 5.16. The molecule has 94 valence electrons. The lowest BCUT2D eigenvalue weighted by molar-refractivity contribution is -0.138. The fourth-order valence-corrected chi connectivity index (χ4v) is 2.02. The van der Waals surface area contributed by atoms with Gasteiger partial charge in [-0.1, -0.05) is 0 Å². The molecule has 1 aliphatic rings. The van der Waals surface area contributed by atoms with Crippen molar-refractivity contribution in [2.45, 2.75) is 12.5 Å². The van der Waals surface area contributed by atoms with Crippen LogP contribution < -0.4 is 4.90 Å². The van der Waals surface area contributed by atoms with Crippen LogP contribution in [0.4, 0.5) is 5.82 Å². The zero-order valence-electron chi connectivity index (χ0n) is 9.74. The quantitative estimate of drug-likeness (QED) is 0.843. The average Bonchev–Trinajstić information content (AvgIpc) is 2.39. The molecule has 0 aliphatic carbocycles. The van der Waals surface area contributed by atoms with E-state index in [1.54, 1.807) is 18.3 Å². The monoisotopic (exact) mass is 247 g/mol. The second-order valence-electron chi connectivity index (χ2n) is 4.01. The van der Waals surface area contributed by atoms with Crippen molar-refractivity contribution in [3.63, 3.8) is 0 Å². The van der Waals surface area contributed by atoms with Crippen LogP contribution in [-0.2, 0) is 9.53 Å². The minimum Gasteiger partial charge on any atom is -0.481 e. The lowest BCUT2D eigenvalue weighted by Gasteiger charge is -2.36. The summed E-state index contributed by atoms with van der Waals surface area (Å²) in [6.07, 6.45) is 1.57. The molecule has 0 saturated carbocycles. The normalized spacial score (nSPS) is 19.3. The number of anilines is 1. The predicted octanol–water partition coefficient (Wildman–Crippen LogP) is 0.633. The van der Waals surface area contributed by atoms with Crippen LogP contribution in [0.3, 0.4) is 0 Å². The van der Waals surface area contributed by atoms with Crippen molar-refractivity contribution >= 4 is 11.8 Å². The SMILES string of the molecule is N#Cc1cccnc1N1CCOCC1CC(=O)O. The molecule has 1 N–H and O–H groups in total. The highest BCUT2D eigenvalue weighted by Crippen LogP contribution is 2.22. The Labute approximate surface area is 104 Å². The van der Waals surface area contributed by atoms with E-state index in [0.717, 1.165) is 0 Å². The Morgan fingerprint density at radius 2 is 2.56 bits per heavy atom. The van der Waals surface area contributed by atoms with Crippen molar-refractivity contribution in [1.29, 1.82) is 5.26 Å². The second kappa shape index (κ2) is 5.47. The number of hydrogen-bond acceptors (Lipinski definition) is 5. The molecule has 1 fully saturated rings. The van der Waals surface area contributed by atoms with Gasteiger partial charge in [0.2, 0.25) is 0 Å². The molecule has 1 unspecified atom stereocenters. The molecule has 1 atom stereocenters. The number of pyridine rings is 1. The first kappa shape index (κ1) is 12.3. The number of ether oxygens (including phenoxy) is 1. The summed E-state index contributed by atoms with van der Waals surface area (Å²) in [5, 5.41) is 17.9. The standard InChI is InChI=1S/C12H13N3O3/c13-7-9-2-1-3-14-12(9)15-4-5-18-8-10(15)6-11(16)17/h1-3,10H,4-6,8H2,(H,16,17). The van der Waals surface area contributed by atoms with Crippen LogP contribution in [0.15, 0.2) is 18.3 Å². The third-order valence-electron chi connectivity index (χ3n) is 2.82. The summed E-state index contributed by atoms with van der Waals surface area (Å²) >= 11 is 0. The Morgan fingerprint density at radius 1 is 1.72 bits per heavy atom. The largest absolute Gasteiger partial charge is 0.481 e. The third kappa shape index (κ3) is 2.57. The Morgan fingerprint density at radius 3 is 3.28 bits per heavy atom. The zero-order chi connectivity index (χ0) is 13.0. The summed E-state index contributed by atoms with van der Waals surface area (Å²) in [4.78, 5) is 16.9. The molecule has 1 aromatic rings. The number of carboxylic acids is 1. The zero-order valence-corrected chi connectivity index (χ0v) is 9.74. The number of hydrogen-bond donors (Lipinski definition) is 1. The van der Waals surface area contributed by atoms with Crippen molar-refractivity contribution in [3.05, 3.63) is 23.9 Å². The summed E-state index contributed by atoms with van der Waals surface area (Å²) < 4.78 is 5.29. The van der Waals surface area contributed by atoms with E-state index in [2.05, 4.69) is 11.1 Å². The molecule has 6 nitrogen and oxygen atoms in total. The summed E-state index contributed by atoms with van der Waals surface area (Å²) in [6.45, 7) is 1.40. The van der Waals surface area contributed by atoms with Gasteiger partial charge in [-0.2, -0.15) is 5.26 Å². The maximum absolute atomic E-state index is 10.8. The molecule has 2 heterocycles. The minimum atomic E-state index is -0.884. The van der Waals surface area contributed by atoms with Gasteiger partial charge in [-0.15, -0.1) is 0 Å².